The molecule has 0 aliphatic rings. The number of para-hydroxylation sites is 1. The number of aryl methyl sites for hydroxylation is 3. The predicted octanol–water partition coefficient (Wildman–Crippen LogP) is 3.80. The number of aromatic nitrogens is 2. The minimum absolute atomic E-state index is 0.0000159. The fourth-order valence-corrected chi connectivity index (χ4v) is 3.43. The van der Waals surface area contributed by atoms with Gasteiger partial charge in [-0.1, -0.05) is 35.6 Å². The van der Waals surface area contributed by atoms with Crippen molar-refractivity contribution in [3.05, 3.63) is 74.3 Å². The second-order valence-electron chi connectivity index (χ2n) is 6.03. The molecule has 28 heavy (non-hydrogen) atoms. The normalized spacial score (nSPS) is 10.5. The van der Waals surface area contributed by atoms with E-state index in [2.05, 4.69) is 15.5 Å². The number of nitrogens with one attached hydrogen (secondary N) is 1. The second-order valence-corrected chi connectivity index (χ2v) is 7.09. The third kappa shape index (κ3) is 4.49. The van der Waals surface area contributed by atoms with Crippen molar-refractivity contribution in [3.63, 3.8) is 0 Å². The molecule has 0 aliphatic heterocycles. The third-order valence-electron chi connectivity index (χ3n) is 4.14. The molecule has 1 amide bonds. The molecular weight excluding hydrogens is 380 g/mol. The summed E-state index contributed by atoms with van der Waals surface area (Å²) in [5.41, 5.74) is 1.36. The van der Waals surface area contributed by atoms with Crippen molar-refractivity contribution in [1.29, 1.82) is 0 Å². The Morgan fingerprint density at radius 1 is 1.18 bits per heavy atom. The Morgan fingerprint density at radius 3 is 2.61 bits per heavy atom. The van der Waals surface area contributed by atoms with Crippen LogP contribution in [0, 0.1) is 17.0 Å². The first kappa shape index (κ1) is 19.4. The lowest BCUT2D eigenvalue weighted by molar-refractivity contribution is -0.385. The highest BCUT2D eigenvalue weighted by Crippen LogP contribution is 2.25. The van der Waals surface area contributed by atoms with E-state index < -0.39 is 10.8 Å². The van der Waals surface area contributed by atoms with Gasteiger partial charge in [-0.25, -0.2) is 0 Å². The maximum absolute atomic E-state index is 12.5. The van der Waals surface area contributed by atoms with Gasteiger partial charge in [0.25, 0.3) is 11.6 Å². The summed E-state index contributed by atoms with van der Waals surface area (Å²) in [6, 6.07) is 12.4. The number of hydrogen-bond acceptors (Lipinski definition) is 7. The number of amides is 1. The molecule has 0 fully saturated rings. The quantitative estimate of drug-likeness (QED) is 0.479. The molecule has 144 valence electrons. The van der Waals surface area contributed by atoms with Crippen molar-refractivity contribution in [3.8, 4) is 5.75 Å². The average Bonchev–Trinajstić information content (AvgIpc) is 3.13. The summed E-state index contributed by atoms with van der Waals surface area (Å²) in [6.07, 6.45) is 1.44. The molecule has 0 unspecified atom stereocenters. The van der Waals surface area contributed by atoms with E-state index in [9.17, 15) is 14.9 Å². The van der Waals surface area contributed by atoms with Crippen LogP contribution in [-0.4, -0.2) is 28.1 Å². The maximum atomic E-state index is 12.5. The van der Waals surface area contributed by atoms with E-state index >= 15 is 0 Å². The Labute approximate surface area is 165 Å². The summed E-state index contributed by atoms with van der Waals surface area (Å²) in [7, 11) is 1.62. The first-order valence-corrected chi connectivity index (χ1v) is 9.30. The van der Waals surface area contributed by atoms with Crippen LogP contribution in [0.3, 0.4) is 0 Å². The molecule has 0 bridgehead atoms. The molecule has 3 rings (SSSR count). The van der Waals surface area contributed by atoms with Crippen molar-refractivity contribution in [2.24, 2.45) is 0 Å². The van der Waals surface area contributed by atoms with Crippen LogP contribution in [-0.2, 0) is 12.8 Å². The molecule has 0 saturated carbocycles. The summed E-state index contributed by atoms with van der Waals surface area (Å²) in [5, 5.41) is 23.0. The van der Waals surface area contributed by atoms with Crippen molar-refractivity contribution < 1.29 is 14.5 Å². The highest BCUT2D eigenvalue weighted by molar-refractivity contribution is 7.15. The SMILES string of the molecule is COc1ccc(CCc2nnc(NC(=O)c3cccc(C)c3[N+](=O)[O-])s2)cc1. The van der Waals surface area contributed by atoms with Gasteiger partial charge >= 0.3 is 0 Å². The molecule has 1 aromatic heterocycles. The summed E-state index contributed by atoms with van der Waals surface area (Å²) >= 11 is 1.25. The van der Waals surface area contributed by atoms with Crippen LogP contribution < -0.4 is 10.1 Å². The molecule has 0 saturated heterocycles. The van der Waals surface area contributed by atoms with Crippen molar-refractivity contribution in [2.45, 2.75) is 19.8 Å². The first-order chi connectivity index (χ1) is 13.5. The molecule has 3 aromatic rings. The van der Waals surface area contributed by atoms with E-state index in [1.807, 2.05) is 24.3 Å². The van der Waals surface area contributed by atoms with Crippen LogP contribution in [0.2, 0.25) is 0 Å². The number of ether oxygens (including phenoxy) is 1. The van der Waals surface area contributed by atoms with Gasteiger partial charge in [0.1, 0.15) is 16.3 Å². The molecule has 0 atom stereocenters. The number of nitro groups is 1. The van der Waals surface area contributed by atoms with Crippen molar-refractivity contribution in [2.75, 3.05) is 12.4 Å². The second kappa shape index (κ2) is 8.57. The Kier molecular flexibility index (Phi) is 5.95. The lowest BCUT2D eigenvalue weighted by atomic mass is 10.1. The Bertz CT molecular complexity index is 1000. The van der Waals surface area contributed by atoms with Gasteiger partial charge in [-0.3, -0.25) is 20.2 Å². The number of carbonyl (C=O) groups is 1. The van der Waals surface area contributed by atoms with Gasteiger partial charge in [-0.2, -0.15) is 0 Å². The monoisotopic (exact) mass is 398 g/mol. The third-order valence-corrected chi connectivity index (χ3v) is 5.04. The highest BCUT2D eigenvalue weighted by atomic mass is 32.1. The Morgan fingerprint density at radius 2 is 1.93 bits per heavy atom. The number of anilines is 1. The summed E-state index contributed by atoms with van der Waals surface area (Å²) in [4.78, 5) is 23.2. The molecule has 1 heterocycles. The molecule has 2 aromatic carbocycles. The first-order valence-electron chi connectivity index (χ1n) is 8.48. The summed E-state index contributed by atoms with van der Waals surface area (Å²) in [5.74, 6) is 0.225. The highest BCUT2D eigenvalue weighted by Gasteiger charge is 2.23. The van der Waals surface area contributed by atoms with Crippen LogP contribution in [0.15, 0.2) is 42.5 Å². The molecule has 8 nitrogen and oxygen atoms in total. The van der Waals surface area contributed by atoms with E-state index in [4.69, 9.17) is 4.74 Å². The molecule has 0 aliphatic carbocycles. The lowest BCUT2D eigenvalue weighted by Gasteiger charge is -2.04. The van der Waals surface area contributed by atoms with Crippen LogP contribution in [0.5, 0.6) is 5.75 Å². The van der Waals surface area contributed by atoms with Gasteiger partial charge in [0.15, 0.2) is 0 Å². The van der Waals surface area contributed by atoms with Gasteiger partial charge in [0.2, 0.25) is 5.13 Å². The van der Waals surface area contributed by atoms with E-state index in [0.717, 1.165) is 22.7 Å². The molecule has 9 heteroatoms. The van der Waals surface area contributed by atoms with E-state index in [0.29, 0.717) is 17.1 Å². The van der Waals surface area contributed by atoms with Crippen LogP contribution in [0.1, 0.15) is 26.5 Å². The number of hydrogen-bond donors (Lipinski definition) is 1. The van der Waals surface area contributed by atoms with Crippen LogP contribution in [0.25, 0.3) is 0 Å². The van der Waals surface area contributed by atoms with E-state index in [1.54, 1.807) is 26.2 Å². The van der Waals surface area contributed by atoms with Gasteiger partial charge in [-0.05, 0) is 37.1 Å². The van der Waals surface area contributed by atoms with Gasteiger partial charge in [0.05, 0.1) is 12.0 Å². The average molecular weight is 398 g/mol. The minimum Gasteiger partial charge on any atom is -0.497 e. The van der Waals surface area contributed by atoms with Gasteiger partial charge < -0.3 is 4.74 Å². The molecule has 0 radical (unpaired) electrons. The number of carbonyl (C=O) groups excluding carboxylic acids is 1. The Balaban J connectivity index is 1.65. The van der Waals surface area contributed by atoms with Crippen molar-refractivity contribution in [1.82, 2.24) is 10.2 Å². The topological polar surface area (TPSA) is 107 Å². The minimum atomic E-state index is -0.576. The van der Waals surface area contributed by atoms with E-state index in [1.165, 1.54) is 17.4 Å². The zero-order valence-electron chi connectivity index (χ0n) is 15.3. The van der Waals surface area contributed by atoms with Gasteiger partial charge in [-0.15, -0.1) is 10.2 Å². The maximum Gasteiger partial charge on any atom is 0.285 e. The molecule has 1 N–H and O–H groups in total. The largest absolute Gasteiger partial charge is 0.497 e. The molecule has 0 spiro atoms. The van der Waals surface area contributed by atoms with Crippen LogP contribution >= 0.6 is 11.3 Å². The smallest absolute Gasteiger partial charge is 0.285 e. The van der Waals surface area contributed by atoms with Crippen LogP contribution in [0.4, 0.5) is 10.8 Å². The fourth-order valence-electron chi connectivity index (χ4n) is 2.70. The predicted molar refractivity (Wildman–Crippen MR) is 106 cm³/mol. The molecular formula is C19H18N4O4S. The Hall–Kier alpha value is -3.33. The van der Waals surface area contributed by atoms with E-state index in [-0.39, 0.29) is 11.3 Å². The van der Waals surface area contributed by atoms with Gasteiger partial charge in [0, 0.05) is 12.0 Å². The number of nitro benzene ring substituents is 1. The summed E-state index contributed by atoms with van der Waals surface area (Å²) in [6.45, 7) is 1.59. The number of nitrogens with zero attached hydrogens (tertiary/aromatic N) is 3. The summed E-state index contributed by atoms with van der Waals surface area (Å²) < 4.78 is 5.14. The zero-order chi connectivity index (χ0) is 20.1. The standard InChI is InChI=1S/C19H18N4O4S/c1-12-4-3-5-15(17(12)23(25)26)18(24)20-19-22-21-16(28-19)11-8-13-6-9-14(27-2)10-7-13/h3-7,9-10H,8,11H2,1-2H3,(H,20,22,24). The van der Waals surface area contributed by atoms with Crippen molar-refractivity contribution >= 4 is 28.1 Å². The number of rotatable bonds is 7. The fraction of sp³-hybridized carbons (Fsp3) is 0.211. The number of benzene rings is 2. The lowest BCUT2D eigenvalue weighted by Crippen LogP contribution is -2.14. The number of methoxy groups -OCH3 is 1. The zero-order valence-corrected chi connectivity index (χ0v) is 16.2.